The molecule has 0 atom stereocenters. The number of rotatable bonds is 7. The predicted octanol–water partition coefficient (Wildman–Crippen LogP) is 2.63. The zero-order valence-corrected chi connectivity index (χ0v) is 13.3. The van der Waals surface area contributed by atoms with E-state index in [0.29, 0.717) is 17.8 Å². The first-order chi connectivity index (χ1) is 11.1. The Morgan fingerprint density at radius 2 is 1.65 bits per heavy atom. The van der Waals surface area contributed by atoms with Crippen molar-refractivity contribution in [3.05, 3.63) is 59.7 Å². The van der Waals surface area contributed by atoms with Gasteiger partial charge in [0.05, 0.1) is 13.7 Å². The van der Waals surface area contributed by atoms with Gasteiger partial charge in [0.2, 0.25) is 5.91 Å². The highest BCUT2D eigenvalue weighted by molar-refractivity contribution is 5.96. The van der Waals surface area contributed by atoms with Crippen molar-refractivity contribution in [1.29, 1.82) is 0 Å². The third kappa shape index (κ3) is 5.23. The highest BCUT2D eigenvalue weighted by Crippen LogP contribution is 2.11. The molecule has 0 aliphatic heterocycles. The molecule has 0 unspecified atom stereocenters. The van der Waals surface area contributed by atoms with Crippen LogP contribution in [0.1, 0.15) is 22.8 Å². The van der Waals surface area contributed by atoms with E-state index in [1.54, 1.807) is 31.4 Å². The Balaban J connectivity index is 1.77. The highest BCUT2D eigenvalue weighted by Gasteiger charge is 2.04. The monoisotopic (exact) mass is 312 g/mol. The van der Waals surface area contributed by atoms with Crippen molar-refractivity contribution in [3.63, 3.8) is 0 Å². The standard InChI is InChI=1S/C18H20N2O3/c1-13(21)15-5-7-16(8-6-15)20-18(22)12-19-11-14-3-9-17(23-2)10-4-14/h3-10,19H,11-12H2,1-2H3,(H,20,22). The summed E-state index contributed by atoms with van der Waals surface area (Å²) in [6.45, 7) is 2.32. The first kappa shape index (κ1) is 16.7. The fraction of sp³-hybridized carbons (Fsp3) is 0.222. The molecule has 5 heteroatoms. The van der Waals surface area contributed by atoms with Crippen LogP contribution in [0.4, 0.5) is 5.69 Å². The molecule has 2 aromatic carbocycles. The highest BCUT2D eigenvalue weighted by atomic mass is 16.5. The molecule has 0 saturated heterocycles. The van der Waals surface area contributed by atoms with Crippen molar-refractivity contribution >= 4 is 17.4 Å². The zero-order valence-electron chi connectivity index (χ0n) is 13.3. The van der Waals surface area contributed by atoms with Crippen LogP contribution < -0.4 is 15.4 Å². The van der Waals surface area contributed by atoms with E-state index >= 15 is 0 Å². The maximum absolute atomic E-state index is 11.9. The second kappa shape index (κ2) is 8.10. The Labute approximate surface area is 135 Å². The van der Waals surface area contributed by atoms with Gasteiger partial charge in [-0.1, -0.05) is 12.1 Å². The van der Waals surface area contributed by atoms with E-state index in [-0.39, 0.29) is 18.2 Å². The first-order valence-electron chi connectivity index (χ1n) is 7.33. The van der Waals surface area contributed by atoms with E-state index in [1.807, 2.05) is 24.3 Å². The van der Waals surface area contributed by atoms with Crippen molar-refractivity contribution in [2.75, 3.05) is 19.0 Å². The van der Waals surface area contributed by atoms with Crippen molar-refractivity contribution < 1.29 is 14.3 Å². The van der Waals surface area contributed by atoms with Gasteiger partial charge in [0.25, 0.3) is 0 Å². The fourth-order valence-corrected chi connectivity index (χ4v) is 2.06. The SMILES string of the molecule is COc1ccc(CNCC(=O)Nc2ccc(C(C)=O)cc2)cc1. The summed E-state index contributed by atoms with van der Waals surface area (Å²) in [6.07, 6.45) is 0. The lowest BCUT2D eigenvalue weighted by atomic mass is 10.1. The summed E-state index contributed by atoms with van der Waals surface area (Å²) in [5.74, 6) is 0.679. The van der Waals surface area contributed by atoms with Gasteiger partial charge in [-0.05, 0) is 48.9 Å². The number of hydrogen-bond acceptors (Lipinski definition) is 4. The normalized spacial score (nSPS) is 10.2. The molecule has 0 saturated carbocycles. The van der Waals surface area contributed by atoms with Gasteiger partial charge in [0.15, 0.2) is 5.78 Å². The lowest BCUT2D eigenvalue weighted by Crippen LogP contribution is -2.27. The largest absolute Gasteiger partial charge is 0.497 e. The second-order valence-corrected chi connectivity index (χ2v) is 5.13. The molecule has 0 heterocycles. The molecule has 1 amide bonds. The number of carbonyl (C=O) groups excluding carboxylic acids is 2. The summed E-state index contributed by atoms with van der Waals surface area (Å²) in [4.78, 5) is 23.1. The number of methoxy groups -OCH3 is 1. The summed E-state index contributed by atoms with van der Waals surface area (Å²) in [6, 6.07) is 14.5. The molecule has 5 nitrogen and oxygen atoms in total. The van der Waals surface area contributed by atoms with Gasteiger partial charge < -0.3 is 15.4 Å². The van der Waals surface area contributed by atoms with Gasteiger partial charge in [-0.15, -0.1) is 0 Å². The van der Waals surface area contributed by atoms with Crippen molar-refractivity contribution in [2.45, 2.75) is 13.5 Å². The number of carbonyl (C=O) groups is 2. The van der Waals surface area contributed by atoms with Crippen LogP contribution in [0, 0.1) is 0 Å². The lowest BCUT2D eigenvalue weighted by molar-refractivity contribution is -0.115. The molecule has 2 rings (SSSR count). The van der Waals surface area contributed by atoms with E-state index in [9.17, 15) is 9.59 Å². The van der Waals surface area contributed by atoms with Crippen LogP contribution in [0.5, 0.6) is 5.75 Å². The van der Waals surface area contributed by atoms with E-state index < -0.39 is 0 Å². The minimum atomic E-state index is -0.130. The third-order valence-corrected chi connectivity index (χ3v) is 3.35. The quantitative estimate of drug-likeness (QED) is 0.771. The van der Waals surface area contributed by atoms with Crippen molar-refractivity contribution in [1.82, 2.24) is 5.32 Å². The van der Waals surface area contributed by atoms with Crippen LogP contribution in [-0.2, 0) is 11.3 Å². The number of benzene rings is 2. The maximum Gasteiger partial charge on any atom is 0.238 e. The van der Waals surface area contributed by atoms with Gasteiger partial charge in [-0.3, -0.25) is 9.59 Å². The Morgan fingerprint density at radius 3 is 2.22 bits per heavy atom. The van der Waals surface area contributed by atoms with Gasteiger partial charge in [-0.25, -0.2) is 0 Å². The molecule has 0 radical (unpaired) electrons. The van der Waals surface area contributed by atoms with Gasteiger partial charge in [0.1, 0.15) is 5.75 Å². The van der Waals surface area contributed by atoms with Crippen LogP contribution in [0.2, 0.25) is 0 Å². The first-order valence-corrected chi connectivity index (χ1v) is 7.33. The fourth-order valence-electron chi connectivity index (χ4n) is 2.06. The molecular weight excluding hydrogens is 292 g/mol. The minimum absolute atomic E-state index is 0.00374. The molecule has 0 fully saturated rings. The number of amides is 1. The average Bonchev–Trinajstić information content (AvgIpc) is 2.56. The zero-order chi connectivity index (χ0) is 16.7. The van der Waals surface area contributed by atoms with Crippen LogP contribution in [0.15, 0.2) is 48.5 Å². The number of Topliss-reactive ketones (excluding diaryl/α,β-unsaturated/α-hetero) is 1. The van der Waals surface area contributed by atoms with Crippen molar-refractivity contribution in [2.24, 2.45) is 0 Å². The van der Waals surface area contributed by atoms with Gasteiger partial charge in [-0.2, -0.15) is 0 Å². The number of anilines is 1. The minimum Gasteiger partial charge on any atom is -0.497 e. The Bertz CT molecular complexity index is 664. The summed E-state index contributed by atoms with van der Waals surface area (Å²) < 4.78 is 5.10. The number of nitrogens with one attached hydrogen (secondary N) is 2. The second-order valence-electron chi connectivity index (χ2n) is 5.13. The molecule has 2 aromatic rings. The van der Waals surface area contributed by atoms with Crippen LogP contribution in [-0.4, -0.2) is 25.3 Å². The maximum atomic E-state index is 11.9. The Hall–Kier alpha value is -2.66. The summed E-state index contributed by atoms with van der Waals surface area (Å²) >= 11 is 0. The molecular formula is C18H20N2O3. The van der Waals surface area contributed by atoms with E-state index in [1.165, 1.54) is 6.92 Å². The predicted molar refractivity (Wildman–Crippen MR) is 89.8 cm³/mol. The van der Waals surface area contributed by atoms with Crippen LogP contribution >= 0.6 is 0 Å². The van der Waals surface area contributed by atoms with Gasteiger partial charge in [0, 0.05) is 17.8 Å². The van der Waals surface area contributed by atoms with Crippen LogP contribution in [0.25, 0.3) is 0 Å². The van der Waals surface area contributed by atoms with Crippen molar-refractivity contribution in [3.8, 4) is 5.75 Å². The summed E-state index contributed by atoms with van der Waals surface area (Å²) in [7, 11) is 1.63. The molecule has 0 aliphatic rings. The van der Waals surface area contributed by atoms with Crippen LogP contribution in [0.3, 0.4) is 0 Å². The van der Waals surface area contributed by atoms with Gasteiger partial charge >= 0.3 is 0 Å². The average molecular weight is 312 g/mol. The molecule has 120 valence electrons. The van der Waals surface area contributed by atoms with E-state index in [0.717, 1.165) is 11.3 Å². The molecule has 23 heavy (non-hydrogen) atoms. The third-order valence-electron chi connectivity index (χ3n) is 3.35. The molecule has 0 aromatic heterocycles. The number of ketones is 1. The summed E-state index contributed by atoms with van der Waals surface area (Å²) in [5.41, 5.74) is 2.37. The molecule has 0 bridgehead atoms. The van der Waals surface area contributed by atoms with E-state index in [2.05, 4.69) is 10.6 Å². The topological polar surface area (TPSA) is 67.4 Å². The molecule has 0 spiro atoms. The molecule has 0 aliphatic carbocycles. The Kier molecular flexibility index (Phi) is 5.88. The summed E-state index contributed by atoms with van der Waals surface area (Å²) in [5, 5.41) is 5.86. The number of ether oxygens (including phenoxy) is 1. The lowest BCUT2D eigenvalue weighted by Gasteiger charge is -2.08. The Morgan fingerprint density at radius 1 is 1.00 bits per heavy atom. The molecule has 2 N–H and O–H groups in total. The number of hydrogen-bond donors (Lipinski definition) is 2. The van der Waals surface area contributed by atoms with E-state index in [4.69, 9.17) is 4.74 Å². The smallest absolute Gasteiger partial charge is 0.238 e.